The molecule has 7 rings (SSSR count). The number of amides is 1. The van der Waals surface area contributed by atoms with Crippen LogP contribution in [0.5, 0.6) is 0 Å². The summed E-state index contributed by atoms with van der Waals surface area (Å²) in [6.45, 7) is 2.56. The van der Waals surface area contributed by atoms with Crippen LogP contribution in [0, 0.1) is 5.82 Å². The molecule has 1 aliphatic rings. The summed E-state index contributed by atoms with van der Waals surface area (Å²) in [4.78, 5) is 18.8. The lowest BCUT2D eigenvalue weighted by Crippen LogP contribution is -2.31. The first kappa shape index (κ1) is 27.7. The van der Waals surface area contributed by atoms with Crippen molar-refractivity contribution in [1.29, 1.82) is 0 Å². The van der Waals surface area contributed by atoms with Crippen molar-refractivity contribution < 1.29 is 9.18 Å². The van der Waals surface area contributed by atoms with Gasteiger partial charge in [0.25, 0.3) is 5.91 Å². The lowest BCUT2D eigenvalue weighted by atomic mass is 9.94. The van der Waals surface area contributed by atoms with E-state index in [1.807, 2.05) is 73.7 Å². The third-order valence-corrected chi connectivity index (χ3v) is 8.62. The Morgan fingerprint density at radius 1 is 0.932 bits per heavy atom. The standard InChI is InChI=1S/C35H29FN6OS/c1-23-31(33(43)38-26-15-6-3-7-16-26)32(42-34(37-23)39-35(40-42)44-22-25-14-8-10-18-29(25)36)28-21-41(20-24-12-4-2-5-13-24)30-19-11-9-17-27(28)30/h2-19,21,32H,20,22H2,1H3,(H,38,43)(H,37,39,40). The zero-order chi connectivity index (χ0) is 30.0. The van der Waals surface area contributed by atoms with Crippen LogP contribution >= 0.6 is 11.8 Å². The number of nitrogens with one attached hydrogen (secondary N) is 2. The van der Waals surface area contributed by atoms with E-state index in [2.05, 4.69) is 45.7 Å². The fourth-order valence-corrected chi connectivity index (χ4v) is 6.47. The van der Waals surface area contributed by atoms with Crippen molar-refractivity contribution in [3.63, 3.8) is 0 Å². The number of para-hydroxylation sites is 2. The molecule has 44 heavy (non-hydrogen) atoms. The first-order valence-corrected chi connectivity index (χ1v) is 15.3. The van der Waals surface area contributed by atoms with Gasteiger partial charge in [0, 0.05) is 46.3 Å². The minimum atomic E-state index is -0.563. The summed E-state index contributed by atoms with van der Waals surface area (Å²) in [5.41, 5.74) is 5.68. The van der Waals surface area contributed by atoms with Crippen molar-refractivity contribution in [1.82, 2.24) is 19.3 Å². The monoisotopic (exact) mass is 600 g/mol. The van der Waals surface area contributed by atoms with E-state index in [4.69, 9.17) is 10.1 Å². The van der Waals surface area contributed by atoms with Gasteiger partial charge < -0.3 is 15.2 Å². The normalized spacial score (nSPS) is 14.4. The summed E-state index contributed by atoms with van der Waals surface area (Å²) in [5.74, 6) is 0.418. The van der Waals surface area contributed by atoms with Gasteiger partial charge in [-0.15, -0.1) is 5.10 Å². The Hall–Kier alpha value is -5.15. The van der Waals surface area contributed by atoms with Gasteiger partial charge >= 0.3 is 0 Å². The maximum Gasteiger partial charge on any atom is 0.255 e. The molecule has 9 heteroatoms. The number of nitrogens with zero attached hydrogens (tertiary/aromatic N) is 4. The van der Waals surface area contributed by atoms with Gasteiger partial charge in [0.05, 0.1) is 5.57 Å². The van der Waals surface area contributed by atoms with E-state index >= 15 is 0 Å². The minimum absolute atomic E-state index is 0.229. The smallest absolute Gasteiger partial charge is 0.255 e. The zero-order valence-electron chi connectivity index (χ0n) is 23.9. The van der Waals surface area contributed by atoms with Crippen LogP contribution in [0.25, 0.3) is 10.9 Å². The van der Waals surface area contributed by atoms with Crippen molar-refractivity contribution >= 4 is 40.2 Å². The van der Waals surface area contributed by atoms with Crippen LogP contribution in [0.1, 0.15) is 29.7 Å². The maximum absolute atomic E-state index is 14.4. The molecule has 0 radical (unpaired) electrons. The summed E-state index contributed by atoms with van der Waals surface area (Å²) in [6, 6.07) is 34.1. The molecule has 218 valence electrons. The Bertz CT molecular complexity index is 2000. The molecule has 0 spiro atoms. The van der Waals surface area contributed by atoms with E-state index in [-0.39, 0.29) is 11.7 Å². The zero-order valence-corrected chi connectivity index (χ0v) is 24.8. The van der Waals surface area contributed by atoms with Gasteiger partial charge in [-0.1, -0.05) is 96.7 Å². The number of thioether (sulfide) groups is 1. The van der Waals surface area contributed by atoms with E-state index in [1.54, 1.807) is 16.8 Å². The van der Waals surface area contributed by atoms with Crippen LogP contribution in [0.2, 0.25) is 0 Å². The number of anilines is 2. The first-order valence-electron chi connectivity index (χ1n) is 14.3. The van der Waals surface area contributed by atoms with Crippen molar-refractivity contribution in [3.8, 4) is 0 Å². The SMILES string of the molecule is CC1=C(C(=O)Nc2ccccc2)C(c2cn(Cc3ccccc3)c3ccccc23)n2nc(SCc3ccccc3F)nc2N1. The van der Waals surface area contributed by atoms with E-state index in [1.165, 1.54) is 23.4 Å². The van der Waals surface area contributed by atoms with Crippen LogP contribution in [-0.2, 0) is 17.1 Å². The second-order valence-corrected chi connectivity index (χ2v) is 11.6. The molecule has 0 fully saturated rings. The number of carbonyl (C=O) groups excluding carboxylic acids is 1. The summed E-state index contributed by atoms with van der Waals surface area (Å²) < 4.78 is 18.4. The highest BCUT2D eigenvalue weighted by Crippen LogP contribution is 2.40. The minimum Gasteiger partial charge on any atom is -0.343 e. The van der Waals surface area contributed by atoms with E-state index in [9.17, 15) is 9.18 Å². The average Bonchev–Trinajstić information content (AvgIpc) is 3.62. The van der Waals surface area contributed by atoms with E-state index in [0.29, 0.717) is 45.9 Å². The molecule has 7 nitrogen and oxygen atoms in total. The summed E-state index contributed by atoms with van der Waals surface area (Å²) in [6.07, 6.45) is 2.12. The molecule has 0 saturated heterocycles. The average molecular weight is 601 g/mol. The van der Waals surface area contributed by atoms with Gasteiger partial charge in [-0.2, -0.15) is 4.98 Å². The number of hydrogen-bond acceptors (Lipinski definition) is 5. The second kappa shape index (κ2) is 11.9. The summed E-state index contributed by atoms with van der Waals surface area (Å²) >= 11 is 1.36. The van der Waals surface area contributed by atoms with Gasteiger partial charge in [0.15, 0.2) is 0 Å². The van der Waals surface area contributed by atoms with E-state index in [0.717, 1.165) is 16.5 Å². The number of benzene rings is 4. The Morgan fingerprint density at radius 2 is 1.64 bits per heavy atom. The quantitative estimate of drug-likeness (QED) is 0.176. The van der Waals surface area contributed by atoms with Crippen molar-refractivity contribution in [2.75, 3.05) is 10.6 Å². The van der Waals surface area contributed by atoms with Crippen molar-refractivity contribution in [2.24, 2.45) is 0 Å². The topological polar surface area (TPSA) is 76.8 Å². The van der Waals surface area contributed by atoms with Gasteiger partial charge in [-0.25, -0.2) is 9.07 Å². The summed E-state index contributed by atoms with van der Waals surface area (Å²) in [7, 11) is 0. The lowest BCUT2D eigenvalue weighted by Gasteiger charge is -2.28. The Kier molecular flexibility index (Phi) is 7.45. The second-order valence-electron chi connectivity index (χ2n) is 10.6. The number of hydrogen-bond donors (Lipinski definition) is 2. The molecule has 1 unspecified atom stereocenters. The highest BCUT2D eigenvalue weighted by atomic mass is 32.2. The molecule has 3 heterocycles. The first-order chi connectivity index (χ1) is 21.5. The third kappa shape index (κ3) is 5.38. The predicted octanol–water partition coefficient (Wildman–Crippen LogP) is 7.64. The molecule has 1 amide bonds. The number of halogens is 1. The summed E-state index contributed by atoms with van der Waals surface area (Å²) in [5, 5.41) is 12.8. The molecular weight excluding hydrogens is 571 g/mol. The third-order valence-electron chi connectivity index (χ3n) is 7.73. The Balaban J connectivity index is 1.33. The Morgan fingerprint density at radius 3 is 2.43 bits per heavy atom. The molecule has 0 aliphatic carbocycles. The van der Waals surface area contributed by atoms with Crippen LogP contribution < -0.4 is 10.6 Å². The molecule has 1 aliphatic heterocycles. The molecule has 4 aromatic carbocycles. The number of fused-ring (bicyclic) bond motifs is 2. The highest BCUT2D eigenvalue weighted by molar-refractivity contribution is 7.98. The molecule has 2 N–H and O–H groups in total. The van der Waals surface area contributed by atoms with Gasteiger partial charge in [-0.3, -0.25) is 4.79 Å². The maximum atomic E-state index is 14.4. The van der Waals surface area contributed by atoms with Crippen LogP contribution in [0.4, 0.5) is 16.0 Å². The molecule has 0 saturated carbocycles. The number of carbonyl (C=O) groups is 1. The molecule has 1 atom stereocenters. The van der Waals surface area contributed by atoms with Crippen molar-refractivity contribution in [3.05, 3.63) is 149 Å². The van der Waals surface area contributed by atoms with Crippen molar-refractivity contribution in [2.45, 2.75) is 30.4 Å². The molecule has 0 bridgehead atoms. The Labute approximate surface area is 258 Å². The fourth-order valence-electron chi connectivity index (χ4n) is 5.66. The van der Waals surface area contributed by atoms with Gasteiger partial charge in [0.1, 0.15) is 11.9 Å². The molecular formula is C35H29FN6OS. The van der Waals surface area contributed by atoms with Gasteiger partial charge in [-0.05, 0) is 42.3 Å². The number of rotatable bonds is 8. The van der Waals surface area contributed by atoms with Gasteiger partial charge in [0.2, 0.25) is 11.1 Å². The van der Waals surface area contributed by atoms with Crippen LogP contribution in [-0.4, -0.2) is 25.2 Å². The molecule has 2 aromatic heterocycles. The number of aromatic nitrogens is 4. The largest absolute Gasteiger partial charge is 0.343 e. The lowest BCUT2D eigenvalue weighted by molar-refractivity contribution is -0.113. The van der Waals surface area contributed by atoms with E-state index < -0.39 is 6.04 Å². The number of allylic oxidation sites excluding steroid dienone is 1. The molecule has 6 aromatic rings. The van der Waals surface area contributed by atoms with Crippen LogP contribution in [0.3, 0.4) is 0 Å². The fraction of sp³-hybridized carbons (Fsp3) is 0.114. The highest BCUT2D eigenvalue weighted by Gasteiger charge is 2.36. The van der Waals surface area contributed by atoms with Crippen LogP contribution in [0.15, 0.2) is 132 Å². The predicted molar refractivity (Wildman–Crippen MR) is 173 cm³/mol.